The lowest BCUT2D eigenvalue weighted by Crippen LogP contribution is -2.35. The number of methoxy groups -OCH3 is 3. The quantitative estimate of drug-likeness (QED) is 0.183. The van der Waals surface area contributed by atoms with Crippen molar-refractivity contribution in [3.63, 3.8) is 0 Å². The molecule has 2 aromatic rings. The van der Waals surface area contributed by atoms with Crippen molar-refractivity contribution in [3.8, 4) is 11.5 Å². The molecule has 0 atom stereocenters. The number of esters is 1. The monoisotopic (exact) mass is 485 g/mol. The molecule has 2 aromatic carbocycles. The summed E-state index contributed by atoms with van der Waals surface area (Å²) in [7, 11) is 3.97. The Hall–Kier alpha value is -3.99. The van der Waals surface area contributed by atoms with Crippen LogP contribution in [-0.4, -0.2) is 54.7 Å². The van der Waals surface area contributed by atoms with Crippen LogP contribution in [0.4, 0.5) is 11.4 Å². The van der Waals surface area contributed by atoms with Gasteiger partial charge in [-0.2, -0.15) is 0 Å². The van der Waals surface area contributed by atoms with Crippen molar-refractivity contribution >= 4 is 46.7 Å². The van der Waals surface area contributed by atoms with E-state index in [4.69, 9.17) is 26.4 Å². The molecule has 1 aliphatic rings. The number of thiocarbonyl (C=S) groups is 1. The summed E-state index contributed by atoms with van der Waals surface area (Å²) in [6.45, 7) is 1.66. The fourth-order valence-corrected chi connectivity index (χ4v) is 3.79. The highest BCUT2D eigenvalue weighted by Gasteiger charge is 2.40. The first kappa shape index (κ1) is 24.6. The van der Waals surface area contributed by atoms with Crippen molar-refractivity contribution in [2.24, 2.45) is 0 Å². The number of rotatable bonds is 8. The molecule has 0 aliphatic carbocycles. The predicted molar refractivity (Wildman–Crippen MR) is 129 cm³/mol. The first-order valence-corrected chi connectivity index (χ1v) is 10.6. The van der Waals surface area contributed by atoms with Gasteiger partial charge in [-0.3, -0.25) is 24.6 Å². The Morgan fingerprint density at radius 2 is 1.74 bits per heavy atom. The van der Waals surface area contributed by atoms with Crippen LogP contribution in [0, 0.1) is 10.1 Å². The smallest absolute Gasteiger partial charge is 0.325 e. The maximum atomic E-state index is 13.5. The number of hydrogen-bond donors (Lipinski definition) is 0. The summed E-state index contributed by atoms with van der Waals surface area (Å²) in [5.41, 5.74) is 1.32. The van der Waals surface area contributed by atoms with Crippen molar-refractivity contribution in [3.05, 3.63) is 63.3 Å². The first-order chi connectivity index (χ1) is 16.2. The minimum absolute atomic E-state index is 0.0229. The molecule has 1 aliphatic heterocycles. The third kappa shape index (κ3) is 4.69. The normalized spacial score (nSPS) is 14.5. The summed E-state index contributed by atoms with van der Waals surface area (Å²) in [6.07, 6.45) is 2.12. The van der Waals surface area contributed by atoms with Gasteiger partial charge in [0.15, 0.2) is 16.6 Å². The van der Waals surface area contributed by atoms with Gasteiger partial charge in [-0.05, 0) is 48.5 Å². The van der Waals surface area contributed by atoms with E-state index < -0.39 is 16.8 Å². The molecular weight excluding hydrogens is 462 g/mol. The Labute approximate surface area is 201 Å². The number of aryl methyl sites for hydroxylation is 1. The van der Waals surface area contributed by atoms with Crippen molar-refractivity contribution in [2.45, 2.75) is 13.3 Å². The average molecular weight is 486 g/mol. The van der Waals surface area contributed by atoms with Crippen LogP contribution in [0.2, 0.25) is 0 Å². The number of ether oxygens (including phenoxy) is 3. The van der Waals surface area contributed by atoms with E-state index in [2.05, 4.69) is 0 Å². The minimum atomic E-state index is -0.633. The highest BCUT2D eigenvalue weighted by molar-refractivity contribution is 7.80. The molecule has 0 N–H and O–H groups in total. The number of carbonyl (C=O) groups is 2. The van der Waals surface area contributed by atoms with Gasteiger partial charge in [0, 0.05) is 0 Å². The number of nitro groups is 1. The lowest BCUT2D eigenvalue weighted by atomic mass is 10.1. The number of hydrogen-bond acceptors (Lipinski definition) is 8. The third-order valence-electron chi connectivity index (χ3n) is 5.27. The van der Waals surface area contributed by atoms with Crippen LogP contribution in [0.5, 0.6) is 11.5 Å². The summed E-state index contributed by atoms with van der Waals surface area (Å²) < 4.78 is 15.2. The van der Waals surface area contributed by atoms with Gasteiger partial charge in [0.05, 0.1) is 43.6 Å². The number of nitro benzene ring substituents is 1. The fourth-order valence-electron chi connectivity index (χ4n) is 3.44. The van der Waals surface area contributed by atoms with Gasteiger partial charge in [-0.15, -0.1) is 0 Å². The van der Waals surface area contributed by atoms with Crippen molar-refractivity contribution < 1.29 is 28.7 Å². The number of carbonyl (C=O) groups excluding carboxylic acids is 2. The molecular formula is C23H23N3O7S. The largest absolute Gasteiger partial charge is 0.493 e. The van der Waals surface area contributed by atoms with Crippen LogP contribution >= 0.6 is 12.2 Å². The summed E-state index contributed by atoms with van der Waals surface area (Å²) in [4.78, 5) is 39.2. The molecule has 0 unspecified atom stereocenters. The lowest BCUT2D eigenvalue weighted by molar-refractivity contribution is -0.385. The zero-order valence-electron chi connectivity index (χ0n) is 19.1. The summed E-state index contributed by atoms with van der Waals surface area (Å²) in [5, 5.41) is 11.8. The molecule has 11 heteroatoms. The number of benzene rings is 2. The van der Waals surface area contributed by atoms with Gasteiger partial charge in [-0.25, -0.2) is 0 Å². The van der Waals surface area contributed by atoms with E-state index in [1.165, 1.54) is 49.3 Å². The van der Waals surface area contributed by atoms with E-state index in [0.29, 0.717) is 5.69 Å². The maximum Gasteiger partial charge on any atom is 0.325 e. The summed E-state index contributed by atoms with van der Waals surface area (Å²) in [5.74, 6) is -0.776. The van der Waals surface area contributed by atoms with Crippen LogP contribution < -0.4 is 14.4 Å². The van der Waals surface area contributed by atoms with Gasteiger partial charge in [-0.1, -0.05) is 19.1 Å². The molecule has 34 heavy (non-hydrogen) atoms. The van der Waals surface area contributed by atoms with Crippen LogP contribution in [-0.2, 0) is 20.7 Å². The van der Waals surface area contributed by atoms with Crippen molar-refractivity contribution in [1.29, 1.82) is 0 Å². The van der Waals surface area contributed by atoms with Gasteiger partial charge in [0.1, 0.15) is 12.2 Å². The molecule has 1 heterocycles. The third-order valence-corrected chi connectivity index (χ3v) is 5.68. The van der Waals surface area contributed by atoms with Gasteiger partial charge >= 0.3 is 5.97 Å². The fraction of sp³-hybridized carbons (Fsp3) is 0.261. The van der Waals surface area contributed by atoms with E-state index in [-0.39, 0.29) is 40.1 Å². The summed E-state index contributed by atoms with van der Waals surface area (Å²) >= 11 is 5.52. The standard InChI is InChI=1S/C23H23N3O7S/c1-5-14-6-8-16(9-7-14)25-22(28)18(24(23(25)34)13-21(27)33-4)10-15-11-19(31-2)20(32-3)12-17(15)26(29)30/h6-12H,5,13H2,1-4H3/b18-10-. The zero-order valence-corrected chi connectivity index (χ0v) is 19.9. The van der Waals surface area contributed by atoms with Gasteiger partial charge in [0.2, 0.25) is 0 Å². The molecule has 1 amide bonds. The van der Waals surface area contributed by atoms with E-state index in [0.717, 1.165) is 12.0 Å². The topological polar surface area (TPSA) is 111 Å². The minimum Gasteiger partial charge on any atom is -0.493 e. The molecule has 10 nitrogen and oxygen atoms in total. The first-order valence-electron chi connectivity index (χ1n) is 10.2. The van der Waals surface area contributed by atoms with E-state index >= 15 is 0 Å². The van der Waals surface area contributed by atoms with Gasteiger partial charge in [0.25, 0.3) is 11.6 Å². The molecule has 0 saturated carbocycles. The average Bonchev–Trinajstić information content (AvgIpc) is 3.07. The SMILES string of the molecule is CCc1ccc(N2C(=O)/C(=C/c3cc(OC)c(OC)cc3[N+](=O)[O-])N(CC(=O)OC)C2=S)cc1. The predicted octanol–water partition coefficient (Wildman–Crippen LogP) is 3.32. The number of nitrogens with zero attached hydrogens (tertiary/aromatic N) is 3. The van der Waals surface area contributed by atoms with E-state index in [1.54, 1.807) is 12.1 Å². The zero-order chi connectivity index (χ0) is 25.0. The van der Waals surface area contributed by atoms with E-state index in [1.807, 2.05) is 19.1 Å². The maximum absolute atomic E-state index is 13.5. The molecule has 0 radical (unpaired) electrons. The Kier molecular flexibility index (Phi) is 7.47. The lowest BCUT2D eigenvalue weighted by Gasteiger charge is -2.19. The number of amides is 1. The van der Waals surface area contributed by atoms with Crippen molar-refractivity contribution in [2.75, 3.05) is 32.8 Å². The molecule has 1 saturated heterocycles. The Bertz CT molecular complexity index is 1180. The Morgan fingerprint density at radius 3 is 2.26 bits per heavy atom. The van der Waals surface area contributed by atoms with Crippen LogP contribution in [0.3, 0.4) is 0 Å². The highest BCUT2D eigenvalue weighted by Crippen LogP contribution is 2.37. The van der Waals surface area contributed by atoms with Crippen LogP contribution in [0.25, 0.3) is 6.08 Å². The Morgan fingerprint density at radius 1 is 1.12 bits per heavy atom. The molecule has 0 bridgehead atoms. The van der Waals surface area contributed by atoms with Crippen LogP contribution in [0.15, 0.2) is 42.1 Å². The molecule has 178 valence electrons. The molecule has 0 spiro atoms. The highest BCUT2D eigenvalue weighted by atomic mass is 32.1. The van der Waals surface area contributed by atoms with Crippen molar-refractivity contribution in [1.82, 2.24) is 4.90 Å². The molecule has 3 rings (SSSR count). The Balaban J connectivity index is 2.16. The second-order valence-electron chi connectivity index (χ2n) is 7.16. The van der Waals surface area contributed by atoms with E-state index in [9.17, 15) is 19.7 Å². The van der Waals surface area contributed by atoms with Crippen LogP contribution in [0.1, 0.15) is 18.1 Å². The number of anilines is 1. The summed E-state index contributed by atoms with van der Waals surface area (Å²) in [6, 6.07) is 9.83. The second kappa shape index (κ2) is 10.3. The molecule has 0 aromatic heterocycles. The second-order valence-corrected chi connectivity index (χ2v) is 7.52. The molecule has 1 fully saturated rings. The van der Waals surface area contributed by atoms with Gasteiger partial charge < -0.3 is 19.1 Å².